The van der Waals surface area contributed by atoms with Crippen LogP contribution in [0.5, 0.6) is 0 Å². The van der Waals surface area contributed by atoms with E-state index in [-0.39, 0.29) is 0 Å². The Morgan fingerprint density at radius 2 is 2.07 bits per heavy atom. The molecule has 82 valence electrons. The van der Waals surface area contributed by atoms with Crippen LogP contribution >= 0.6 is 0 Å². The average Bonchev–Trinajstić information content (AvgIpc) is 2.25. The Balaban J connectivity index is 1.95. The van der Waals surface area contributed by atoms with Gasteiger partial charge >= 0.3 is 0 Å². The molecule has 4 nitrogen and oxygen atoms in total. The summed E-state index contributed by atoms with van der Waals surface area (Å²) in [5.74, 6) is 0.663. The van der Waals surface area contributed by atoms with E-state index >= 15 is 0 Å². The number of rotatable bonds is 2. The molecule has 4 heteroatoms. The number of hydrogen-bond acceptors (Lipinski definition) is 4. The third-order valence-corrected chi connectivity index (χ3v) is 2.92. The highest BCUT2D eigenvalue weighted by molar-refractivity contribution is 5.38. The van der Waals surface area contributed by atoms with Crippen molar-refractivity contribution in [2.45, 2.75) is 6.54 Å². The largest absolute Gasteiger partial charge is 0.383 e. The van der Waals surface area contributed by atoms with E-state index in [1.165, 1.54) is 0 Å². The minimum Gasteiger partial charge on any atom is -0.383 e. The number of hydrogen-bond donors (Lipinski definition) is 1. The Hall–Kier alpha value is -1.13. The molecule has 0 saturated carbocycles. The number of aromatic nitrogens is 1. The fraction of sp³-hybridized carbons (Fsp3) is 0.545. The summed E-state index contributed by atoms with van der Waals surface area (Å²) in [4.78, 5) is 8.87. The number of nitrogen functional groups attached to an aromatic ring is 1. The number of nitrogens with zero attached hydrogens (tertiary/aromatic N) is 3. The zero-order chi connectivity index (χ0) is 10.7. The van der Waals surface area contributed by atoms with Crippen molar-refractivity contribution < 1.29 is 0 Å². The standard InChI is InChI=1S/C11H18N4/c1-14-5-7-15(8-6-14)9-10-3-2-4-13-11(10)12/h2-4H,5-9H2,1H3,(H2,12,13). The molecule has 0 bridgehead atoms. The summed E-state index contributed by atoms with van der Waals surface area (Å²) in [5, 5.41) is 0. The van der Waals surface area contributed by atoms with E-state index in [0.29, 0.717) is 5.82 Å². The lowest BCUT2D eigenvalue weighted by atomic mass is 10.2. The first kappa shape index (κ1) is 10.4. The molecule has 1 aliphatic heterocycles. The lowest BCUT2D eigenvalue weighted by Crippen LogP contribution is -2.43. The van der Waals surface area contributed by atoms with Gasteiger partial charge in [0.05, 0.1) is 0 Å². The van der Waals surface area contributed by atoms with E-state index in [9.17, 15) is 0 Å². The van der Waals surface area contributed by atoms with Crippen LogP contribution in [0.4, 0.5) is 5.82 Å². The molecular weight excluding hydrogens is 188 g/mol. The third kappa shape index (κ3) is 2.67. The van der Waals surface area contributed by atoms with E-state index in [0.717, 1.165) is 38.3 Å². The van der Waals surface area contributed by atoms with Crippen molar-refractivity contribution in [3.05, 3.63) is 23.9 Å². The van der Waals surface area contributed by atoms with E-state index < -0.39 is 0 Å². The van der Waals surface area contributed by atoms with E-state index in [2.05, 4.69) is 27.9 Å². The highest BCUT2D eigenvalue weighted by Gasteiger charge is 2.14. The van der Waals surface area contributed by atoms with Gasteiger partial charge in [0.15, 0.2) is 0 Å². The predicted molar refractivity (Wildman–Crippen MR) is 61.4 cm³/mol. The van der Waals surface area contributed by atoms with Crippen LogP contribution in [0.25, 0.3) is 0 Å². The van der Waals surface area contributed by atoms with Gasteiger partial charge in [-0.3, -0.25) is 4.90 Å². The quantitative estimate of drug-likeness (QED) is 0.761. The highest BCUT2D eigenvalue weighted by atomic mass is 15.2. The molecule has 2 rings (SSSR count). The van der Waals surface area contributed by atoms with Crippen molar-refractivity contribution in [3.8, 4) is 0 Å². The van der Waals surface area contributed by atoms with Gasteiger partial charge in [-0.2, -0.15) is 0 Å². The first-order valence-electron chi connectivity index (χ1n) is 5.36. The molecule has 0 aromatic carbocycles. The summed E-state index contributed by atoms with van der Waals surface area (Å²) in [5.41, 5.74) is 6.96. The number of piperazine rings is 1. The Kier molecular flexibility index (Phi) is 3.18. The normalized spacial score (nSPS) is 19.3. The van der Waals surface area contributed by atoms with Crippen LogP contribution in [0.3, 0.4) is 0 Å². The Bertz CT molecular complexity index is 318. The molecule has 1 aromatic heterocycles. The monoisotopic (exact) mass is 206 g/mol. The van der Waals surface area contributed by atoms with Crippen LogP contribution in [-0.4, -0.2) is 48.0 Å². The summed E-state index contributed by atoms with van der Waals surface area (Å²) >= 11 is 0. The van der Waals surface area contributed by atoms with Crippen molar-refractivity contribution in [1.29, 1.82) is 0 Å². The second kappa shape index (κ2) is 4.59. The van der Waals surface area contributed by atoms with Crippen LogP contribution in [0.2, 0.25) is 0 Å². The molecule has 0 spiro atoms. The molecule has 0 aliphatic carbocycles. The van der Waals surface area contributed by atoms with Gasteiger partial charge in [0.25, 0.3) is 0 Å². The smallest absolute Gasteiger partial charge is 0.127 e. The van der Waals surface area contributed by atoms with Crippen molar-refractivity contribution >= 4 is 5.82 Å². The Labute approximate surface area is 90.7 Å². The topological polar surface area (TPSA) is 45.4 Å². The van der Waals surface area contributed by atoms with Crippen molar-refractivity contribution in [3.63, 3.8) is 0 Å². The fourth-order valence-electron chi connectivity index (χ4n) is 1.83. The molecule has 0 atom stereocenters. The van der Waals surface area contributed by atoms with E-state index in [4.69, 9.17) is 5.73 Å². The second-order valence-corrected chi connectivity index (χ2v) is 4.13. The van der Waals surface area contributed by atoms with Gasteiger partial charge in [-0.25, -0.2) is 4.98 Å². The number of likely N-dealkylation sites (N-methyl/N-ethyl adjacent to an activating group) is 1. The van der Waals surface area contributed by atoms with Crippen LogP contribution in [0.1, 0.15) is 5.56 Å². The van der Waals surface area contributed by atoms with Gasteiger partial charge in [-0.05, 0) is 13.1 Å². The molecule has 1 aromatic rings. The maximum absolute atomic E-state index is 5.82. The van der Waals surface area contributed by atoms with Gasteiger partial charge < -0.3 is 10.6 Å². The minimum absolute atomic E-state index is 0.663. The van der Waals surface area contributed by atoms with Gasteiger partial charge in [0.2, 0.25) is 0 Å². The van der Waals surface area contributed by atoms with Crippen LogP contribution in [0, 0.1) is 0 Å². The van der Waals surface area contributed by atoms with E-state index in [1.807, 2.05) is 6.07 Å². The first-order valence-corrected chi connectivity index (χ1v) is 5.36. The summed E-state index contributed by atoms with van der Waals surface area (Å²) in [6, 6.07) is 4.00. The zero-order valence-electron chi connectivity index (χ0n) is 9.19. The first-order chi connectivity index (χ1) is 7.25. The highest BCUT2D eigenvalue weighted by Crippen LogP contribution is 2.11. The molecular formula is C11H18N4. The molecule has 2 N–H and O–H groups in total. The Morgan fingerprint density at radius 1 is 1.33 bits per heavy atom. The molecule has 0 unspecified atom stereocenters. The molecule has 1 saturated heterocycles. The lowest BCUT2D eigenvalue weighted by molar-refractivity contribution is 0.148. The summed E-state index contributed by atoms with van der Waals surface area (Å²) in [7, 11) is 2.16. The summed E-state index contributed by atoms with van der Waals surface area (Å²) in [6.45, 7) is 5.43. The second-order valence-electron chi connectivity index (χ2n) is 4.13. The maximum atomic E-state index is 5.82. The van der Waals surface area contributed by atoms with Crippen LogP contribution < -0.4 is 5.73 Å². The third-order valence-electron chi connectivity index (χ3n) is 2.92. The average molecular weight is 206 g/mol. The summed E-state index contributed by atoms with van der Waals surface area (Å²) in [6.07, 6.45) is 1.74. The predicted octanol–water partition coefficient (Wildman–Crippen LogP) is 0.411. The van der Waals surface area contributed by atoms with Crippen LogP contribution in [0.15, 0.2) is 18.3 Å². The molecule has 15 heavy (non-hydrogen) atoms. The van der Waals surface area contributed by atoms with Gasteiger partial charge in [-0.15, -0.1) is 0 Å². The van der Waals surface area contributed by atoms with Gasteiger partial charge in [-0.1, -0.05) is 6.07 Å². The Morgan fingerprint density at radius 3 is 2.73 bits per heavy atom. The summed E-state index contributed by atoms with van der Waals surface area (Å²) < 4.78 is 0. The number of anilines is 1. The van der Waals surface area contributed by atoms with Crippen molar-refractivity contribution in [2.75, 3.05) is 39.0 Å². The van der Waals surface area contributed by atoms with E-state index in [1.54, 1.807) is 6.20 Å². The fourth-order valence-corrected chi connectivity index (χ4v) is 1.83. The molecule has 2 heterocycles. The lowest BCUT2D eigenvalue weighted by Gasteiger charge is -2.32. The van der Waals surface area contributed by atoms with Gasteiger partial charge in [0, 0.05) is 44.5 Å². The SMILES string of the molecule is CN1CCN(Cc2cccnc2N)CC1. The van der Waals surface area contributed by atoms with Crippen molar-refractivity contribution in [2.24, 2.45) is 0 Å². The number of pyridine rings is 1. The molecule has 0 radical (unpaired) electrons. The van der Waals surface area contributed by atoms with Gasteiger partial charge in [0.1, 0.15) is 5.82 Å². The molecule has 0 amide bonds. The van der Waals surface area contributed by atoms with Crippen molar-refractivity contribution in [1.82, 2.24) is 14.8 Å². The number of nitrogens with two attached hydrogens (primary N) is 1. The maximum Gasteiger partial charge on any atom is 0.127 e. The minimum atomic E-state index is 0.663. The molecule has 1 fully saturated rings. The zero-order valence-corrected chi connectivity index (χ0v) is 9.19. The van der Waals surface area contributed by atoms with Crippen LogP contribution in [-0.2, 0) is 6.54 Å². The molecule has 1 aliphatic rings.